The first-order chi connectivity index (χ1) is 10.2. The molecule has 0 aliphatic heterocycles. The van der Waals surface area contributed by atoms with Crippen LogP contribution >= 0.6 is 0 Å². The van der Waals surface area contributed by atoms with Gasteiger partial charge in [-0.15, -0.1) is 0 Å². The molecule has 0 rings (SSSR count). The van der Waals surface area contributed by atoms with Gasteiger partial charge in [-0.05, 0) is 0 Å². The van der Waals surface area contributed by atoms with Crippen molar-refractivity contribution in [1.82, 2.24) is 0 Å². The van der Waals surface area contributed by atoms with E-state index in [1.807, 2.05) is 0 Å². The molecule has 0 saturated heterocycles. The van der Waals surface area contributed by atoms with Crippen molar-refractivity contribution in [2.45, 2.75) is 65.2 Å². The summed E-state index contributed by atoms with van der Waals surface area (Å²) >= 11 is -2.17. The third-order valence-corrected chi connectivity index (χ3v) is 4.55. The van der Waals surface area contributed by atoms with E-state index in [1.165, 1.54) is 0 Å². The van der Waals surface area contributed by atoms with Crippen LogP contribution in [-0.2, 0) is 15.0 Å². The molecule has 114 valence electrons. The fraction of sp³-hybridized carbons (Fsp3) is 0.625. The van der Waals surface area contributed by atoms with Crippen LogP contribution in [0.25, 0.3) is 0 Å². The second-order valence-electron chi connectivity index (χ2n) is 4.38. The molecule has 0 heterocycles. The summed E-state index contributed by atoms with van der Waals surface area (Å²) in [5.41, 5.74) is 0. The first kappa shape index (κ1) is 20.0. The van der Waals surface area contributed by atoms with E-state index in [1.54, 1.807) is 0 Å². The molecule has 0 amide bonds. The number of hydrogen-bond donors (Lipinski definition) is 0. The van der Waals surface area contributed by atoms with Gasteiger partial charge in [-0.3, -0.25) is 0 Å². The summed E-state index contributed by atoms with van der Waals surface area (Å²) in [6.45, 7) is 4.22. The van der Waals surface area contributed by atoms with Crippen molar-refractivity contribution in [1.29, 1.82) is 0 Å². The first-order valence-corrected chi connectivity index (χ1v) is 10.5. The van der Waals surface area contributed by atoms with E-state index < -0.39 is 37.1 Å². The summed E-state index contributed by atoms with van der Waals surface area (Å²) in [7, 11) is 0. The fourth-order valence-electron chi connectivity index (χ4n) is 1.34. The van der Waals surface area contributed by atoms with Gasteiger partial charge in [-0.25, -0.2) is 0 Å². The van der Waals surface area contributed by atoms with Crippen molar-refractivity contribution in [3.05, 3.63) is 0 Å². The molecule has 5 heteroatoms. The second-order valence-corrected chi connectivity index (χ2v) is 6.62. The van der Waals surface area contributed by atoms with E-state index in [0.29, 0.717) is 12.8 Å². The van der Waals surface area contributed by atoms with Gasteiger partial charge < -0.3 is 0 Å². The second kappa shape index (κ2) is 15.4. The molecule has 2 radical (unpaired) electrons. The number of carbonyl (C=O) groups is 2. The van der Waals surface area contributed by atoms with E-state index in [4.69, 9.17) is 5.37 Å². The summed E-state index contributed by atoms with van der Waals surface area (Å²) in [5.74, 6) is 9.09. The summed E-state index contributed by atoms with van der Waals surface area (Å²) in [4.78, 5) is 22.4. The van der Waals surface area contributed by atoms with Crippen LogP contribution in [0.15, 0.2) is 0 Å². The average molecular weight is 486 g/mol. The standard InChI is InChI=1S/2C8H12O2.Pb/c2*1-2-3-4-5-6-7-8(9)10;/h2*2-5H2,1H3,(H,9,10);/q;;+2/p-2. The molecule has 0 aliphatic carbocycles. The summed E-state index contributed by atoms with van der Waals surface area (Å²) in [6.07, 6.45) is 7.82. The van der Waals surface area contributed by atoms with E-state index in [2.05, 4.69) is 37.5 Å². The van der Waals surface area contributed by atoms with Crippen molar-refractivity contribution in [2.24, 2.45) is 0 Å². The van der Waals surface area contributed by atoms with Crippen LogP contribution in [0.4, 0.5) is 0 Å². The molecule has 0 aromatic heterocycles. The topological polar surface area (TPSA) is 52.6 Å². The summed E-state index contributed by atoms with van der Waals surface area (Å²) < 4.78 is 9.67. The Morgan fingerprint density at radius 1 is 0.810 bits per heavy atom. The number of hydrogen-bond acceptors (Lipinski definition) is 4. The van der Waals surface area contributed by atoms with Crippen molar-refractivity contribution in [3.8, 4) is 23.7 Å². The van der Waals surface area contributed by atoms with Gasteiger partial charge in [0.2, 0.25) is 0 Å². The molecule has 0 spiro atoms. The van der Waals surface area contributed by atoms with Crippen LogP contribution in [-0.4, -0.2) is 37.1 Å². The molecule has 0 aromatic carbocycles. The zero-order chi connectivity index (χ0) is 15.8. The number of carbonyl (C=O) groups excluding carboxylic acids is 2. The van der Waals surface area contributed by atoms with Crippen LogP contribution in [0.1, 0.15) is 65.2 Å². The fourth-order valence-corrected chi connectivity index (χ4v) is 2.49. The minimum absolute atomic E-state index is 0.599. The SMILES string of the molecule is CCCCCC#CC(=O)[O][Pb][O]C(=O)C#CCCCCC. The molecule has 0 unspecified atom stereocenters. The van der Waals surface area contributed by atoms with Gasteiger partial charge in [-0.2, -0.15) is 0 Å². The first-order valence-electron chi connectivity index (χ1n) is 7.35. The Labute approximate surface area is 140 Å². The van der Waals surface area contributed by atoms with E-state index in [9.17, 15) is 9.59 Å². The van der Waals surface area contributed by atoms with Crippen molar-refractivity contribution in [3.63, 3.8) is 0 Å². The van der Waals surface area contributed by atoms with Crippen molar-refractivity contribution >= 4 is 37.1 Å². The Kier molecular flexibility index (Phi) is 14.6. The van der Waals surface area contributed by atoms with Crippen LogP contribution in [0.2, 0.25) is 0 Å². The maximum atomic E-state index is 11.2. The van der Waals surface area contributed by atoms with E-state index in [-0.39, 0.29) is 0 Å². The molecule has 21 heavy (non-hydrogen) atoms. The Morgan fingerprint density at radius 2 is 1.24 bits per heavy atom. The van der Waals surface area contributed by atoms with Gasteiger partial charge in [0.15, 0.2) is 0 Å². The van der Waals surface area contributed by atoms with Gasteiger partial charge in [-0.1, -0.05) is 0 Å². The van der Waals surface area contributed by atoms with Gasteiger partial charge >= 0.3 is 141 Å². The summed E-state index contributed by atoms with van der Waals surface area (Å²) in [5, 5.41) is 0. The molecule has 0 N–H and O–H groups in total. The number of rotatable bonds is 8. The monoisotopic (exact) mass is 486 g/mol. The predicted octanol–water partition coefficient (Wildman–Crippen LogP) is 2.77. The van der Waals surface area contributed by atoms with Crippen molar-refractivity contribution in [2.75, 3.05) is 0 Å². The molecule has 4 nitrogen and oxygen atoms in total. The molecule has 0 aliphatic rings. The predicted molar refractivity (Wildman–Crippen MR) is 81.8 cm³/mol. The van der Waals surface area contributed by atoms with E-state index in [0.717, 1.165) is 38.5 Å². The molecule has 0 atom stereocenters. The normalized spacial score (nSPS) is 8.86. The van der Waals surface area contributed by atoms with Crippen molar-refractivity contribution < 1.29 is 15.0 Å². The van der Waals surface area contributed by atoms with Crippen LogP contribution in [0.3, 0.4) is 0 Å². The minimum atomic E-state index is -2.17. The van der Waals surface area contributed by atoms with Crippen LogP contribution < -0.4 is 0 Å². The quantitative estimate of drug-likeness (QED) is 0.302. The molecular weight excluding hydrogens is 463 g/mol. The molecule has 0 bridgehead atoms. The zero-order valence-electron chi connectivity index (χ0n) is 12.8. The summed E-state index contributed by atoms with van der Waals surface area (Å²) in [6, 6.07) is 0. The van der Waals surface area contributed by atoms with Gasteiger partial charge in [0.25, 0.3) is 0 Å². The molecule has 0 saturated carbocycles. The van der Waals surface area contributed by atoms with Gasteiger partial charge in [0.1, 0.15) is 0 Å². The Bertz CT molecular complexity index is 383. The third kappa shape index (κ3) is 15.2. The molecular formula is C16H22O4Pb. The molecule has 0 fully saturated rings. The Morgan fingerprint density at radius 3 is 1.62 bits per heavy atom. The number of unbranched alkanes of at least 4 members (excludes halogenated alkanes) is 6. The third-order valence-electron chi connectivity index (χ3n) is 2.46. The average Bonchev–Trinajstić information content (AvgIpc) is 2.47. The Hall–Kier alpha value is -1.02. The van der Waals surface area contributed by atoms with Crippen LogP contribution in [0, 0.1) is 23.7 Å². The van der Waals surface area contributed by atoms with Gasteiger partial charge in [0.05, 0.1) is 0 Å². The van der Waals surface area contributed by atoms with Gasteiger partial charge in [0, 0.05) is 0 Å². The molecule has 0 aromatic rings. The maximum absolute atomic E-state index is 11.2. The Balaban J connectivity index is 3.67. The van der Waals surface area contributed by atoms with Crippen LogP contribution in [0.5, 0.6) is 0 Å². The zero-order valence-corrected chi connectivity index (χ0v) is 16.7. The van der Waals surface area contributed by atoms with E-state index >= 15 is 0 Å².